The summed E-state index contributed by atoms with van der Waals surface area (Å²) in [5.74, 6) is -0.755. The number of aliphatic hydroxyl groups is 1. The van der Waals surface area contributed by atoms with Crippen LogP contribution in [-0.2, 0) is 11.2 Å². The summed E-state index contributed by atoms with van der Waals surface area (Å²) in [5.41, 5.74) is 8.19. The van der Waals surface area contributed by atoms with Crippen molar-refractivity contribution in [1.82, 2.24) is 15.3 Å². The second-order valence-electron chi connectivity index (χ2n) is 9.30. The van der Waals surface area contributed by atoms with Crippen molar-refractivity contribution in [2.24, 2.45) is 17.6 Å². The lowest BCUT2D eigenvalue weighted by Gasteiger charge is -2.27. The van der Waals surface area contributed by atoms with Gasteiger partial charge >= 0.3 is 0 Å². The van der Waals surface area contributed by atoms with E-state index >= 15 is 0 Å². The van der Waals surface area contributed by atoms with Crippen molar-refractivity contribution >= 4 is 22.8 Å². The highest BCUT2D eigenvalue weighted by Gasteiger charge is 2.30. The van der Waals surface area contributed by atoms with Crippen LogP contribution < -0.4 is 11.1 Å². The van der Waals surface area contributed by atoms with Gasteiger partial charge in [0.15, 0.2) is 0 Å². The van der Waals surface area contributed by atoms with Gasteiger partial charge in [-0.1, -0.05) is 68.1 Å². The first-order valence-corrected chi connectivity index (χ1v) is 12.0. The number of fused-ring (bicyclic) bond motifs is 1. The molecule has 4 N–H and O–H groups in total. The number of hydrogen-bond acceptors (Lipinski definition) is 5. The van der Waals surface area contributed by atoms with Crippen LogP contribution in [-0.4, -0.2) is 39.0 Å². The Morgan fingerprint density at radius 2 is 1.71 bits per heavy atom. The van der Waals surface area contributed by atoms with Gasteiger partial charge in [0.05, 0.1) is 29.4 Å². The van der Waals surface area contributed by atoms with Gasteiger partial charge in [0, 0.05) is 5.92 Å². The molecule has 1 fully saturated rings. The fourth-order valence-corrected chi connectivity index (χ4v) is 4.89. The van der Waals surface area contributed by atoms with Crippen molar-refractivity contribution < 1.29 is 14.7 Å². The summed E-state index contributed by atoms with van der Waals surface area (Å²) >= 11 is 0. The van der Waals surface area contributed by atoms with Crippen LogP contribution in [0, 0.1) is 11.8 Å². The van der Waals surface area contributed by atoms with E-state index in [-0.39, 0.29) is 12.1 Å². The largest absolute Gasteiger partial charge is 0.391 e. The fraction of sp³-hybridized carbons (Fsp3) is 0.407. The third-order valence-corrected chi connectivity index (χ3v) is 6.78. The summed E-state index contributed by atoms with van der Waals surface area (Å²) in [7, 11) is 0. The van der Waals surface area contributed by atoms with Gasteiger partial charge in [-0.15, -0.1) is 0 Å². The summed E-state index contributed by atoms with van der Waals surface area (Å²) in [5, 5.41) is 14.1. The molecule has 1 aromatic heterocycles. The van der Waals surface area contributed by atoms with E-state index in [1.165, 1.54) is 19.0 Å². The molecule has 4 rings (SSSR count). The van der Waals surface area contributed by atoms with Crippen LogP contribution in [0.3, 0.4) is 0 Å². The lowest BCUT2D eigenvalue weighted by Crippen LogP contribution is -2.46. The van der Waals surface area contributed by atoms with E-state index in [1.54, 1.807) is 6.07 Å². The molecule has 34 heavy (non-hydrogen) atoms. The van der Waals surface area contributed by atoms with Crippen LogP contribution in [0.25, 0.3) is 11.0 Å². The van der Waals surface area contributed by atoms with E-state index in [4.69, 9.17) is 5.73 Å². The normalized spacial score (nSPS) is 16.7. The van der Waals surface area contributed by atoms with Crippen molar-refractivity contribution in [1.29, 1.82) is 0 Å². The van der Waals surface area contributed by atoms with E-state index in [9.17, 15) is 14.7 Å². The number of nitrogens with zero attached hydrogens (tertiary/aromatic N) is 2. The number of para-hydroxylation sites is 2. The third kappa shape index (κ3) is 6.17. The minimum Gasteiger partial charge on any atom is -0.391 e. The number of nitrogens with two attached hydrogens (primary N) is 1. The molecule has 0 radical (unpaired) electrons. The van der Waals surface area contributed by atoms with Crippen molar-refractivity contribution in [3.63, 3.8) is 0 Å². The minimum absolute atomic E-state index is 0.182. The SMILES string of the molecule is NC(=O)[C@H](CC1CCCC1)C[C@H](O)[C@H](Cc1ccccc1)NC(=O)c1cnc2ccccc2n1. The molecule has 0 aliphatic heterocycles. The first-order chi connectivity index (χ1) is 16.5. The number of rotatable bonds is 10. The molecule has 178 valence electrons. The highest BCUT2D eigenvalue weighted by molar-refractivity contribution is 5.94. The van der Waals surface area contributed by atoms with Gasteiger partial charge in [0.2, 0.25) is 5.91 Å². The van der Waals surface area contributed by atoms with E-state index < -0.39 is 29.9 Å². The zero-order valence-electron chi connectivity index (χ0n) is 19.3. The predicted octanol–water partition coefficient (Wildman–Crippen LogP) is 3.40. The Kier molecular flexibility index (Phi) is 7.85. The van der Waals surface area contributed by atoms with Gasteiger partial charge in [0.25, 0.3) is 5.91 Å². The van der Waals surface area contributed by atoms with Crippen molar-refractivity contribution in [3.05, 3.63) is 72.1 Å². The molecule has 0 bridgehead atoms. The molecule has 3 atom stereocenters. The van der Waals surface area contributed by atoms with Gasteiger partial charge in [0.1, 0.15) is 5.69 Å². The summed E-state index contributed by atoms with van der Waals surface area (Å²) < 4.78 is 0. The Labute approximate surface area is 199 Å². The number of aliphatic hydroxyl groups excluding tert-OH is 1. The Bertz CT molecular complexity index is 1120. The number of nitrogens with one attached hydrogen (secondary N) is 1. The lowest BCUT2D eigenvalue weighted by molar-refractivity contribution is -0.123. The quantitative estimate of drug-likeness (QED) is 0.428. The van der Waals surface area contributed by atoms with E-state index in [2.05, 4.69) is 15.3 Å². The maximum atomic E-state index is 13.1. The molecule has 2 aromatic carbocycles. The molecule has 0 saturated heterocycles. The zero-order chi connectivity index (χ0) is 23.9. The van der Waals surface area contributed by atoms with E-state index in [0.717, 1.165) is 18.4 Å². The van der Waals surface area contributed by atoms with Gasteiger partial charge in [-0.3, -0.25) is 14.6 Å². The summed E-state index contributed by atoms with van der Waals surface area (Å²) in [6, 6.07) is 16.4. The van der Waals surface area contributed by atoms with Crippen LogP contribution in [0.15, 0.2) is 60.8 Å². The molecule has 7 heteroatoms. The van der Waals surface area contributed by atoms with Crippen LogP contribution >= 0.6 is 0 Å². The van der Waals surface area contributed by atoms with Gasteiger partial charge in [-0.05, 0) is 42.9 Å². The van der Waals surface area contributed by atoms with Crippen LogP contribution in [0.2, 0.25) is 0 Å². The second-order valence-corrected chi connectivity index (χ2v) is 9.30. The third-order valence-electron chi connectivity index (χ3n) is 6.78. The maximum absolute atomic E-state index is 13.1. The number of carbonyl (C=O) groups is 2. The Morgan fingerprint density at radius 1 is 1.03 bits per heavy atom. The molecule has 2 amide bonds. The van der Waals surface area contributed by atoms with Gasteiger partial charge in [-0.25, -0.2) is 4.98 Å². The molecule has 0 spiro atoms. The van der Waals surface area contributed by atoms with E-state index in [1.807, 2.05) is 48.5 Å². The number of primary amides is 1. The van der Waals surface area contributed by atoms with Crippen molar-refractivity contribution in [3.8, 4) is 0 Å². The maximum Gasteiger partial charge on any atom is 0.271 e. The molecule has 1 aliphatic rings. The minimum atomic E-state index is -0.934. The smallest absolute Gasteiger partial charge is 0.271 e. The van der Waals surface area contributed by atoms with Crippen LogP contribution in [0.5, 0.6) is 0 Å². The number of amides is 2. The average molecular weight is 461 g/mol. The topological polar surface area (TPSA) is 118 Å². The summed E-state index contributed by atoms with van der Waals surface area (Å²) in [4.78, 5) is 34.0. The van der Waals surface area contributed by atoms with Gasteiger partial charge < -0.3 is 16.2 Å². The summed E-state index contributed by atoms with van der Waals surface area (Å²) in [6.07, 6.45) is 6.39. The van der Waals surface area contributed by atoms with Crippen LogP contribution in [0.4, 0.5) is 0 Å². The highest BCUT2D eigenvalue weighted by Crippen LogP contribution is 2.32. The Balaban J connectivity index is 1.51. The molecule has 0 unspecified atom stereocenters. The first kappa shape index (κ1) is 23.8. The fourth-order valence-electron chi connectivity index (χ4n) is 4.89. The molecule has 1 heterocycles. The lowest BCUT2D eigenvalue weighted by atomic mass is 9.86. The number of benzene rings is 2. The van der Waals surface area contributed by atoms with Crippen molar-refractivity contribution in [2.75, 3.05) is 0 Å². The number of hydrogen-bond donors (Lipinski definition) is 3. The molecule has 7 nitrogen and oxygen atoms in total. The average Bonchev–Trinajstić information content (AvgIpc) is 3.36. The summed E-state index contributed by atoms with van der Waals surface area (Å²) in [6.45, 7) is 0. The molecule has 3 aromatic rings. The molecular formula is C27H32N4O3. The highest BCUT2D eigenvalue weighted by atomic mass is 16.3. The van der Waals surface area contributed by atoms with Crippen LogP contribution in [0.1, 0.15) is 54.6 Å². The molecule has 1 aliphatic carbocycles. The first-order valence-electron chi connectivity index (χ1n) is 12.0. The molecular weight excluding hydrogens is 428 g/mol. The number of carbonyl (C=O) groups excluding carboxylic acids is 2. The van der Waals surface area contributed by atoms with Gasteiger partial charge in [-0.2, -0.15) is 0 Å². The van der Waals surface area contributed by atoms with E-state index in [0.29, 0.717) is 29.8 Å². The monoisotopic (exact) mass is 460 g/mol. The Morgan fingerprint density at radius 3 is 2.41 bits per heavy atom. The zero-order valence-corrected chi connectivity index (χ0v) is 19.3. The Hall–Kier alpha value is -3.32. The molecule has 1 saturated carbocycles. The number of aromatic nitrogens is 2. The van der Waals surface area contributed by atoms with Crippen molar-refractivity contribution in [2.45, 2.75) is 57.1 Å². The predicted molar refractivity (Wildman–Crippen MR) is 131 cm³/mol. The second kappa shape index (κ2) is 11.2. The standard InChI is InChI=1S/C27H32N4O3/c28-26(33)20(14-18-10-4-5-11-18)16-25(32)23(15-19-8-2-1-3-9-19)31-27(34)24-17-29-21-12-6-7-13-22(21)30-24/h1-3,6-9,12-13,17-18,20,23,25,32H,4-5,10-11,14-16H2,(H2,28,33)(H,31,34)/t20-,23+,25+/m1/s1.